The first-order valence-electron chi connectivity index (χ1n) is 15.9. The van der Waals surface area contributed by atoms with Crippen LogP contribution in [0.5, 0.6) is 0 Å². The lowest BCUT2D eigenvalue weighted by atomic mass is 9.67. The van der Waals surface area contributed by atoms with E-state index >= 15 is 0 Å². The van der Waals surface area contributed by atoms with Gasteiger partial charge in [0.25, 0.3) is 0 Å². The molecular formula is C45H28S. The van der Waals surface area contributed by atoms with Crippen molar-refractivity contribution in [3.8, 4) is 33.4 Å². The van der Waals surface area contributed by atoms with Crippen LogP contribution < -0.4 is 0 Å². The van der Waals surface area contributed by atoms with Gasteiger partial charge in [-0.15, -0.1) is 0 Å². The molecule has 1 unspecified atom stereocenters. The first-order valence-corrected chi connectivity index (χ1v) is 16.7. The smallest absolute Gasteiger partial charge is 0.0713 e. The Morgan fingerprint density at radius 2 is 1.00 bits per heavy atom. The minimum Gasteiger partial charge on any atom is -0.0888 e. The molecule has 1 heteroatoms. The molecule has 0 aromatic heterocycles. The standard InChI is InChI=1S/C45H28S/c1-2-14-34(15-3-1)45(40-18-7-6-16-36(40)38-26-31-10-4-5-11-32(31)28-41(38)45)35-23-20-29(21-24-35)33-22-25-42-39(27-33)37-17-8-12-30-13-9-19-43(46-42)44(30)37/h1-28H. The van der Waals surface area contributed by atoms with Crippen LogP contribution in [-0.4, -0.2) is 0 Å². The Kier molecular flexibility index (Phi) is 5.53. The van der Waals surface area contributed by atoms with E-state index in [0.717, 1.165) is 0 Å². The van der Waals surface area contributed by atoms with Gasteiger partial charge in [-0.25, -0.2) is 0 Å². The summed E-state index contributed by atoms with van der Waals surface area (Å²) in [6.45, 7) is 0. The van der Waals surface area contributed by atoms with Crippen molar-refractivity contribution in [1.29, 1.82) is 0 Å². The zero-order valence-electron chi connectivity index (χ0n) is 25.1. The van der Waals surface area contributed by atoms with Gasteiger partial charge in [0.2, 0.25) is 0 Å². The van der Waals surface area contributed by atoms with Crippen LogP contribution in [-0.2, 0) is 5.41 Å². The first kappa shape index (κ1) is 25.9. The number of benzene rings is 8. The van der Waals surface area contributed by atoms with Crippen LogP contribution in [0, 0.1) is 0 Å². The van der Waals surface area contributed by atoms with Gasteiger partial charge in [-0.05, 0) is 102 Å². The molecule has 46 heavy (non-hydrogen) atoms. The summed E-state index contributed by atoms with van der Waals surface area (Å²) in [5, 5.41) is 5.22. The van der Waals surface area contributed by atoms with Crippen molar-refractivity contribution in [2.24, 2.45) is 0 Å². The number of rotatable bonds is 3. The van der Waals surface area contributed by atoms with Gasteiger partial charge in [0.05, 0.1) is 5.41 Å². The fourth-order valence-electron chi connectivity index (χ4n) is 8.10. The predicted molar refractivity (Wildman–Crippen MR) is 194 cm³/mol. The summed E-state index contributed by atoms with van der Waals surface area (Å²) in [7, 11) is 0. The molecule has 0 bridgehead atoms. The SMILES string of the molecule is c1ccc(C2(c3ccc(-c4ccc5c(c4)-c4cccc6cccc(c46)S5)cc3)c3ccccc3-c3cc4ccccc4cc32)cc1. The Morgan fingerprint density at radius 1 is 0.348 bits per heavy atom. The van der Waals surface area contributed by atoms with Crippen molar-refractivity contribution in [1.82, 2.24) is 0 Å². The molecule has 0 saturated heterocycles. The van der Waals surface area contributed by atoms with Gasteiger partial charge >= 0.3 is 0 Å². The summed E-state index contributed by atoms with van der Waals surface area (Å²) < 4.78 is 0. The maximum atomic E-state index is 2.44. The van der Waals surface area contributed by atoms with Crippen LogP contribution in [0.3, 0.4) is 0 Å². The molecule has 0 N–H and O–H groups in total. The highest BCUT2D eigenvalue weighted by molar-refractivity contribution is 7.99. The molecule has 1 atom stereocenters. The third kappa shape index (κ3) is 3.58. The second-order valence-corrected chi connectivity index (χ2v) is 13.5. The second kappa shape index (κ2) is 9.81. The van der Waals surface area contributed by atoms with E-state index in [1.54, 1.807) is 0 Å². The fraction of sp³-hybridized carbons (Fsp3) is 0.0222. The summed E-state index contributed by atoms with van der Waals surface area (Å²) in [6, 6.07) is 63.4. The quantitative estimate of drug-likeness (QED) is 0.194. The Balaban J connectivity index is 1.16. The molecule has 0 radical (unpaired) electrons. The number of fused-ring (bicyclic) bond motifs is 6. The molecule has 0 fully saturated rings. The van der Waals surface area contributed by atoms with E-state index in [1.807, 2.05) is 11.8 Å². The van der Waals surface area contributed by atoms with Gasteiger partial charge in [0.1, 0.15) is 0 Å². The van der Waals surface area contributed by atoms with E-state index < -0.39 is 5.41 Å². The monoisotopic (exact) mass is 600 g/mol. The average Bonchev–Trinajstić information content (AvgIpc) is 3.41. The zero-order chi connectivity index (χ0) is 30.2. The summed E-state index contributed by atoms with van der Waals surface area (Å²) in [4.78, 5) is 2.66. The molecule has 1 aliphatic heterocycles. The van der Waals surface area contributed by atoms with Crippen LogP contribution >= 0.6 is 11.8 Å². The minimum atomic E-state index is -0.415. The fourth-order valence-corrected chi connectivity index (χ4v) is 9.22. The van der Waals surface area contributed by atoms with E-state index in [-0.39, 0.29) is 0 Å². The van der Waals surface area contributed by atoms with Gasteiger partial charge in [-0.3, -0.25) is 0 Å². The zero-order valence-corrected chi connectivity index (χ0v) is 25.9. The molecule has 10 rings (SSSR count). The van der Waals surface area contributed by atoms with Crippen molar-refractivity contribution >= 4 is 33.3 Å². The first-order chi connectivity index (χ1) is 22.8. The summed E-state index contributed by atoms with van der Waals surface area (Å²) in [5.41, 5.74) is 12.6. The Hall–Kier alpha value is -5.37. The van der Waals surface area contributed by atoms with Gasteiger partial charge in [0.15, 0.2) is 0 Å². The van der Waals surface area contributed by atoms with Crippen molar-refractivity contribution in [2.75, 3.05) is 0 Å². The lowest BCUT2D eigenvalue weighted by molar-refractivity contribution is 0.769. The van der Waals surface area contributed by atoms with Crippen molar-refractivity contribution < 1.29 is 0 Å². The van der Waals surface area contributed by atoms with Gasteiger partial charge < -0.3 is 0 Å². The molecule has 0 nitrogen and oxygen atoms in total. The molecular weight excluding hydrogens is 573 g/mol. The Labute approximate surface area is 273 Å². The van der Waals surface area contributed by atoms with Crippen molar-refractivity contribution in [3.63, 3.8) is 0 Å². The Bertz CT molecular complexity index is 2480. The van der Waals surface area contributed by atoms with E-state index in [2.05, 4.69) is 170 Å². The van der Waals surface area contributed by atoms with Crippen LogP contribution in [0.15, 0.2) is 180 Å². The molecule has 0 saturated carbocycles. The maximum Gasteiger partial charge on any atom is 0.0713 e. The molecule has 8 aromatic carbocycles. The molecule has 0 spiro atoms. The highest BCUT2D eigenvalue weighted by Gasteiger charge is 2.46. The molecule has 0 amide bonds. The van der Waals surface area contributed by atoms with Crippen LogP contribution in [0.25, 0.3) is 54.9 Å². The van der Waals surface area contributed by atoms with E-state index in [9.17, 15) is 0 Å². The molecule has 8 aromatic rings. The van der Waals surface area contributed by atoms with Crippen LogP contribution in [0.1, 0.15) is 22.3 Å². The van der Waals surface area contributed by atoms with Crippen molar-refractivity contribution in [2.45, 2.75) is 15.2 Å². The largest absolute Gasteiger partial charge is 0.0888 e. The molecule has 1 heterocycles. The molecule has 214 valence electrons. The minimum absolute atomic E-state index is 0.415. The Morgan fingerprint density at radius 3 is 1.85 bits per heavy atom. The summed E-state index contributed by atoms with van der Waals surface area (Å²) in [6.07, 6.45) is 0. The summed E-state index contributed by atoms with van der Waals surface area (Å²) in [5.74, 6) is 0. The van der Waals surface area contributed by atoms with Crippen LogP contribution in [0.4, 0.5) is 0 Å². The lowest BCUT2D eigenvalue weighted by Crippen LogP contribution is -2.28. The van der Waals surface area contributed by atoms with E-state index in [0.29, 0.717) is 0 Å². The second-order valence-electron chi connectivity index (χ2n) is 12.5. The summed E-state index contributed by atoms with van der Waals surface area (Å²) >= 11 is 1.88. The third-order valence-corrected chi connectivity index (χ3v) is 11.3. The number of hydrogen-bond donors (Lipinski definition) is 0. The maximum absolute atomic E-state index is 2.44. The molecule has 2 aliphatic rings. The highest BCUT2D eigenvalue weighted by Crippen LogP contribution is 2.57. The van der Waals surface area contributed by atoms with Crippen LogP contribution in [0.2, 0.25) is 0 Å². The topological polar surface area (TPSA) is 0 Å². The highest BCUT2D eigenvalue weighted by atomic mass is 32.2. The van der Waals surface area contributed by atoms with Gasteiger partial charge in [-0.2, -0.15) is 0 Å². The van der Waals surface area contributed by atoms with E-state index in [4.69, 9.17) is 0 Å². The third-order valence-electron chi connectivity index (χ3n) is 10.1. The lowest BCUT2D eigenvalue weighted by Gasteiger charge is -2.34. The number of hydrogen-bond acceptors (Lipinski definition) is 1. The predicted octanol–water partition coefficient (Wildman–Crippen LogP) is 12.2. The normalized spacial score (nSPS) is 15.8. The van der Waals surface area contributed by atoms with E-state index in [1.165, 1.54) is 87.0 Å². The van der Waals surface area contributed by atoms with Gasteiger partial charge in [0, 0.05) is 15.2 Å². The molecule has 1 aliphatic carbocycles. The average molecular weight is 601 g/mol. The van der Waals surface area contributed by atoms with Crippen molar-refractivity contribution in [3.05, 3.63) is 192 Å². The van der Waals surface area contributed by atoms with Gasteiger partial charge in [-0.1, -0.05) is 151 Å².